The zero-order chi connectivity index (χ0) is 13.2. The first kappa shape index (κ1) is 11.6. The van der Waals surface area contributed by atoms with E-state index in [4.69, 9.17) is 9.84 Å². The summed E-state index contributed by atoms with van der Waals surface area (Å²) in [4.78, 5) is 8.28. The molecule has 0 unspecified atom stereocenters. The maximum absolute atomic E-state index is 9.00. The van der Waals surface area contributed by atoms with Gasteiger partial charge in [-0.3, -0.25) is 0 Å². The van der Waals surface area contributed by atoms with Crippen molar-refractivity contribution in [2.45, 2.75) is 13.5 Å². The van der Waals surface area contributed by atoms with Gasteiger partial charge in [-0.05, 0) is 24.6 Å². The number of hydrogen-bond donors (Lipinski definition) is 1. The number of rotatable bonds is 3. The predicted octanol–water partition coefficient (Wildman–Crippen LogP) is 1.72. The largest absolute Gasteiger partial charge is 0.439 e. The molecule has 0 radical (unpaired) electrons. The highest BCUT2D eigenvalue weighted by atomic mass is 16.5. The summed E-state index contributed by atoms with van der Waals surface area (Å²) in [6.07, 6.45) is 1.43. The minimum absolute atomic E-state index is 0.0158. The van der Waals surface area contributed by atoms with E-state index < -0.39 is 0 Å². The number of aromatic nitrogens is 4. The molecule has 0 amide bonds. The molecule has 0 aliphatic carbocycles. The van der Waals surface area contributed by atoms with E-state index in [0.29, 0.717) is 17.4 Å². The summed E-state index contributed by atoms with van der Waals surface area (Å²) in [7, 11) is 0. The maximum Gasteiger partial charge on any atom is 0.255 e. The van der Waals surface area contributed by atoms with Crippen LogP contribution in [0.15, 0.2) is 36.7 Å². The van der Waals surface area contributed by atoms with Gasteiger partial charge in [0.1, 0.15) is 12.1 Å². The van der Waals surface area contributed by atoms with Gasteiger partial charge in [0, 0.05) is 11.8 Å². The Balaban J connectivity index is 1.97. The van der Waals surface area contributed by atoms with Gasteiger partial charge < -0.3 is 9.84 Å². The third-order valence-electron chi connectivity index (χ3n) is 2.68. The van der Waals surface area contributed by atoms with Crippen molar-refractivity contribution in [1.29, 1.82) is 0 Å². The summed E-state index contributed by atoms with van der Waals surface area (Å²) in [6, 6.07) is 9.00. The topological polar surface area (TPSA) is 72.5 Å². The Hall–Kier alpha value is -2.47. The van der Waals surface area contributed by atoms with E-state index in [1.165, 1.54) is 10.8 Å². The van der Waals surface area contributed by atoms with Crippen molar-refractivity contribution in [3.8, 4) is 11.6 Å². The molecule has 0 aliphatic heterocycles. The number of fused-ring (bicyclic) bond motifs is 1. The van der Waals surface area contributed by atoms with E-state index in [0.717, 1.165) is 11.3 Å². The molecule has 0 saturated carbocycles. The lowest BCUT2D eigenvalue weighted by Gasteiger charge is -2.08. The highest BCUT2D eigenvalue weighted by Crippen LogP contribution is 2.22. The van der Waals surface area contributed by atoms with Crippen molar-refractivity contribution < 1.29 is 9.84 Å². The molecule has 0 fully saturated rings. The number of benzene rings is 1. The highest BCUT2D eigenvalue weighted by Gasteiger charge is 2.07. The summed E-state index contributed by atoms with van der Waals surface area (Å²) in [5, 5.41) is 13.1. The molecule has 2 aromatic heterocycles. The number of aliphatic hydroxyl groups excluding tert-OH is 1. The zero-order valence-electron chi connectivity index (χ0n) is 10.3. The van der Waals surface area contributed by atoms with Crippen LogP contribution in [0.5, 0.6) is 11.6 Å². The molecule has 0 aliphatic rings. The average molecular weight is 256 g/mol. The van der Waals surface area contributed by atoms with Crippen LogP contribution in [-0.2, 0) is 6.61 Å². The number of aliphatic hydroxyl groups is 1. The smallest absolute Gasteiger partial charge is 0.255 e. The van der Waals surface area contributed by atoms with Crippen LogP contribution >= 0.6 is 0 Å². The van der Waals surface area contributed by atoms with Crippen LogP contribution in [0.25, 0.3) is 5.78 Å². The Morgan fingerprint density at radius 1 is 1.26 bits per heavy atom. The normalized spacial score (nSPS) is 10.8. The second kappa shape index (κ2) is 4.66. The Morgan fingerprint density at radius 2 is 2.05 bits per heavy atom. The van der Waals surface area contributed by atoms with E-state index in [-0.39, 0.29) is 6.61 Å². The molecule has 3 aromatic rings. The maximum atomic E-state index is 9.00. The van der Waals surface area contributed by atoms with Crippen LogP contribution in [0.3, 0.4) is 0 Å². The molecule has 0 bridgehead atoms. The van der Waals surface area contributed by atoms with Crippen molar-refractivity contribution in [1.82, 2.24) is 19.6 Å². The van der Waals surface area contributed by atoms with Crippen LogP contribution in [0.2, 0.25) is 0 Å². The second-order valence-corrected chi connectivity index (χ2v) is 4.11. The number of nitrogens with zero attached hydrogens (tertiary/aromatic N) is 4. The summed E-state index contributed by atoms with van der Waals surface area (Å²) in [6.45, 7) is 1.89. The summed E-state index contributed by atoms with van der Waals surface area (Å²) >= 11 is 0. The van der Waals surface area contributed by atoms with Gasteiger partial charge in [-0.15, -0.1) is 0 Å². The molecule has 0 spiro atoms. The average Bonchev–Trinajstić information content (AvgIpc) is 2.88. The quantitative estimate of drug-likeness (QED) is 0.772. The molecule has 6 heteroatoms. The Labute approximate surface area is 109 Å². The molecule has 1 aromatic carbocycles. The van der Waals surface area contributed by atoms with E-state index in [2.05, 4.69) is 15.1 Å². The van der Waals surface area contributed by atoms with Crippen molar-refractivity contribution >= 4 is 5.78 Å². The van der Waals surface area contributed by atoms with Crippen LogP contribution in [0, 0.1) is 6.92 Å². The minimum atomic E-state index is 0.0158. The fourth-order valence-corrected chi connectivity index (χ4v) is 1.75. The summed E-state index contributed by atoms with van der Waals surface area (Å²) in [5.41, 5.74) is 1.65. The second-order valence-electron chi connectivity index (χ2n) is 4.11. The van der Waals surface area contributed by atoms with Crippen LogP contribution in [-0.4, -0.2) is 24.7 Å². The van der Waals surface area contributed by atoms with E-state index in [1.807, 2.05) is 19.1 Å². The number of ether oxygens (including phenoxy) is 1. The minimum Gasteiger partial charge on any atom is -0.439 e. The highest BCUT2D eigenvalue weighted by molar-refractivity contribution is 5.36. The third-order valence-corrected chi connectivity index (χ3v) is 2.68. The zero-order valence-corrected chi connectivity index (χ0v) is 10.3. The fraction of sp³-hybridized carbons (Fsp3) is 0.154. The van der Waals surface area contributed by atoms with Gasteiger partial charge in [-0.25, -0.2) is 4.98 Å². The molecule has 2 heterocycles. The van der Waals surface area contributed by atoms with Crippen molar-refractivity contribution in [2.24, 2.45) is 0 Å². The van der Waals surface area contributed by atoms with Gasteiger partial charge in [-0.2, -0.15) is 14.6 Å². The Kier molecular flexibility index (Phi) is 2.85. The van der Waals surface area contributed by atoms with Crippen molar-refractivity contribution in [3.05, 3.63) is 47.9 Å². The molecule has 19 heavy (non-hydrogen) atoms. The van der Waals surface area contributed by atoms with Crippen molar-refractivity contribution in [2.75, 3.05) is 0 Å². The van der Waals surface area contributed by atoms with E-state index in [1.54, 1.807) is 18.2 Å². The van der Waals surface area contributed by atoms with Gasteiger partial charge in [0.2, 0.25) is 5.88 Å². The van der Waals surface area contributed by atoms with Crippen LogP contribution < -0.4 is 4.74 Å². The molecule has 96 valence electrons. The molecule has 0 saturated heterocycles. The molecular formula is C13H12N4O2. The fourth-order valence-electron chi connectivity index (χ4n) is 1.75. The summed E-state index contributed by atoms with van der Waals surface area (Å²) < 4.78 is 7.30. The first-order chi connectivity index (χ1) is 9.26. The first-order valence-corrected chi connectivity index (χ1v) is 5.81. The van der Waals surface area contributed by atoms with Crippen LogP contribution in [0.4, 0.5) is 0 Å². The molecule has 0 atom stereocenters. The molecule has 1 N–H and O–H groups in total. The van der Waals surface area contributed by atoms with Crippen molar-refractivity contribution in [3.63, 3.8) is 0 Å². The number of hydrogen-bond acceptors (Lipinski definition) is 5. The van der Waals surface area contributed by atoms with Gasteiger partial charge in [-0.1, -0.05) is 12.1 Å². The van der Waals surface area contributed by atoms with Crippen LogP contribution in [0.1, 0.15) is 11.3 Å². The third kappa shape index (κ3) is 2.25. The Bertz CT molecular complexity index is 706. The molecular weight excluding hydrogens is 244 g/mol. The lowest BCUT2D eigenvalue weighted by Crippen LogP contribution is -1.99. The van der Waals surface area contributed by atoms with Gasteiger partial charge >= 0.3 is 0 Å². The Morgan fingerprint density at radius 3 is 2.79 bits per heavy atom. The lowest BCUT2D eigenvalue weighted by atomic mass is 10.2. The lowest BCUT2D eigenvalue weighted by molar-refractivity contribution is 0.281. The molecule has 3 rings (SSSR count). The SMILES string of the molecule is Cc1cc(Oc2ccc(CO)cc2)n2ncnc2n1. The first-order valence-electron chi connectivity index (χ1n) is 5.81. The summed E-state index contributed by atoms with van der Waals surface area (Å²) in [5.74, 6) is 1.72. The van der Waals surface area contributed by atoms with Gasteiger partial charge in [0.15, 0.2) is 0 Å². The predicted molar refractivity (Wildman–Crippen MR) is 68.0 cm³/mol. The van der Waals surface area contributed by atoms with Gasteiger partial charge in [0.25, 0.3) is 5.78 Å². The number of aryl methyl sites for hydroxylation is 1. The standard InChI is InChI=1S/C13H12N4O2/c1-9-6-12(17-13(16-9)14-8-15-17)19-11-4-2-10(7-18)3-5-11/h2-6,8,18H,7H2,1H3. The van der Waals surface area contributed by atoms with Gasteiger partial charge in [0.05, 0.1) is 6.61 Å². The van der Waals surface area contributed by atoms with E-state index >= 15 is 0 Å². The molecule has 6 nitrogen and oxygen atoms in total. The monoisotopic (exact) mass is 256 g/mol. The van der Waals surface area contributed by atoms with E-state index in [9.17, 15) is 0 Å².